The zero-order valence-electron chi connectivity index (χ0n) is 21.2. The number of piperidine rings is 1. The normalized spacial score (nSPS) is 16.9. The Morgan fingerprint density at radius 3 is 1.74 bits per heavy atom. The van der Waals surface area contributed by atoms with E-state index in [2.05, 4.69) is 52.2 Å². The first-order valence-corrected chi connectivity index (χ1v) is 12.1. The standard InChI is InChI=1S/C21H26NO3.C9H12.BrH/c1-22(2)15-9-14-19(16-22)25-20(23)21(24,17-10-5-3-6-11-17)18-12-7-4-8-13-18;1-8(2)9-6-4-3-5-7-9;/h3-8,10-13,19,24H,9,14-16H2,1-2H3;3-8H,1-2H3;1H/q+1;;/p-1. The first kappa shape index (κ1) is 28.8. The maximum Gasteiger partial charge on any atom is 0.348 e. The fourth-order valence-corrected chi connectivity index (χ4v) is 4.41. The molecule has 0 aromatic heterocycles. The van der Waals surface area contributed by atoms with Gasteiger partial charge in [0.2, 0.25) is 5.60 Å². The number of ether oxygens (including phenoxy) is 1. The number of likely N-dealkylation sites (tertiary alicyclic amines) is 1. The zero-order valence-corrected chi connectivity index (χ0v) is 22.8. The van der Waals surface area contributed by atoms with Crippen LogP contribution in [0.5, 0.6) is 0 Å². The van der Waals surface area contributed by atoms with Gasteiger partial charge in [-0.1, -0.05) is 105 Å². The van der Waals surface area contributed by atoms with Crippen LogP contribution in [0.25, 0.3) is 0 Å². The van der Waals surface area contributed by atoms with Crippen LogP contribution in [0.15, 0.2) is 91.0 Å². The van der Waals surface area contributed by atoms with Crippen LogP contribution in [0.2, 0.25) is 0 Å². The van der Waals surface area contributed by atoms with E-state index in [-0.39, 0.29) is 23.1 Å². The van der Waals surface area contributed by atoms with Gasteiger partial charge in [-0.05, 0) is 29.0 Å². The monoisotopic (exact) mass is 539 g/mol. The predicted octanol–water partition coefficient (Wildman–Crippen LogP) is 2.52. The van der Waals surface area contributed by atoms with Gasteiger partial charge in [-0.3, -0.25) is 0 Å². The molecule has 1 aliphatic heterocycles. The first-order valence-electron chi connectivity index (χ1n) is 12.1. The second-order valence-corrected chi connectivity index (χ2v) is 10.0. The molecule has 3 aromatic rings. The third-order valence-electron chi connectivity index (χ3n) is 6.41. The van der Waals surface area contributed by atoms with Crippen LogP contribution in [-0.4, -0.2) is 48.8 Å². The molecule has 1 aliphatic rings. The summed E-state index contributed by atoms with van der Waals surface area (Å²) >= 11 is 0. The van der Waals surface area contributed by atoms with E-state index in [1.807, 2.05) is 42.5 Å². The van der Waals surface area contributed by atoms with Crippen LogP contribution in [0.1, 0.15) is 49.3 Å². The van der Waals surface area contributed by atoms with Crippen molar-refractivity contribution in [3.05, 3.63) is 108 Å². The number of carbonyl (C=O) groups is 1. The summed E-state index contributed by atoms with van der Waals surface area (Å²) in [6.45, 7) is 6.26. The number of rotatable bonds is 5. The highest BCUT2D eigenvalue weighted by Crippen LogP contribution is 2.32. The molecule has 0 saturated carbocycles. The molecular weight excluding hydrogens is 502 g/mol. The van der Waals surface area contributed by atoms with Gasteiger partial charge in [0.25, 0.3) is 0 Å². The lowest BCUT2D eigenvalue weighted by Crippen LogP contribution is -3.00. The molecule has 1 atom stereocenters. The van der Waals surface area contributed by atoms with E-state index in [0.29, 0.717) is 17.0 Å². The lowest BCUT2D eigenvalue weighted by molar-refractivity contribution is -0.898. The molecule has 1 heterocycles. The summed E-state index contributed by atoms with van der Waals surface area (Å²) in [6.07, 6.45) is 1.68. The smallest absolute Gasteiger partial charge is 0.348 e. The Kier molecular flexibility index (Phi) is 10.7. The van der Waals surface area contributed by atoms with Crippen LogP contribution in [0.4, 0.5) is 0 Å². The number of hydrogen-bond donors (Lipinski definition) is 1. The van der Waals surface area contributed by atoms with E-state index in [1.165, 1.54) is 5.56 Å². The molecule has 0 radical (unpaired) electrons. The van der Waals surface area contributed by atoms with Gasteiger partial charge in [0.05, 0.1) is 20.6 Å². The molecule has 4 nitrogen and oxygen atoms in total. The quantitative estimate of drug-likeness (QED) is 0.400. The fraction of sp³-hybridized carbons (Fsp3) is 0.367. The Morgan fingerprint density at radius 2 is 1.34 bits per heavy atom. The second-order valence-electron chi connectivity index (χ2n) is 10.0. The van der Waals surface area contributed by atoms with Gasteiger partial charge in [0, 0.05) is 6.42 Å². The SMILES string of the molecule is CC(C)c1ccccc1.C[N+]1(C)CCCC(OC(=O)C(O)(c2ccccc2)c2ccccc2)C1.[Br-]. The van der Waals surface area contributed by atoms with Crippen LogP contribution in [-0.2, 0) is 15.1 Å². The topological polar surface area (TPSA) is 46.5 Å². The highest BCUT2D eigenvalue weighted by molar-refractivity contribution is 5.85. The summed E-state index contributed by atoms with van der Waals surface area (Å²) in [5.41, 5.74) is 0.668. The Labute approximate surface area is 220 Å². The summed E-state index contributed by atoms with van der Waals surface area (Å²) in [5.74, 6) is 0.0583. The minimum Gasteiger partial charge on any atom is -1.00 e. The lowest BCUT2D eigenvalue weighted by Gasteiger charge is -2.38. The van der Waals surface area contributed by atoms with Gasteiger partial charge in [-0.15, -0.1) is 0 Å². The van der Waals surface area contributed by atoms with Gasteiger partial charge < -0.3 is 31.3 Å². The maximum absolute atomic E-state index is 13.1. The van der Waals surface area contributed by atoms with Crippen LogP contribution >= 0.6 is 0 Å². The van der Waals surface area contributed by atoms with E-state index < -0.39 is 11.6 Å². The molecule has 0 spiro atoms. The Morgan fingerprint density at radius 1 is 0.886 bits per heavy atom. The van der Waals surface area contributed by atoms with Gasteiger partial charge in [-0.25, -0.2) is 4.79 Å². The van der Waals surface area contributed by atoms with Crippen molar-refractivity contribution in [2.45, 2.75) is 44.3 Å². The number of halogens is 1. The molecule has 188 valence electrons. The lowest BCUT2D eigenvalue weighted by atomic mass is 9.86. The molecule has 0 amide bonds. The number of nitrogens with zero attached hydrogens (tertiary/aromatic N) is 1. The number of benzene rings is 3. The van der Waals surface area contributed by atoms with Crippen molar-refractivity contribution in [3.8, 4) is 0 Å². The van der Waals surface area contributed by atoms with Crippen molar-refractivity contribution in [2.75, 3.05) is 27.2 Å². The van der Waals surface area contributed by atoms with E-state index in [4.69, 9.17) is 4.74 Å². The molecule has 4 rings (SSSR count). The number of aliphatic hydroxyl groups is 1. The molecule has 3 aromatic carbocycles. The van der Waals surface area contributed by atoms with Gasteiger partial charge in [0.1, 0.15) is 6.54 Å². The first-order chi connectivity index (χ1) is 16.2. The number of likely N-dealkylation sites (N-methyl/N-ethyl adjacent to an activating group) is 1. The minimum absolute atomic E-state index is 0. The Hall–Kier alpha value is -2.47. The van der Waals surface area contributed by atoms with Crippen molar-refractivity contribution in [2.24, 2.45) is 0 Å². The van der Waals surface area contributed by atoms with E-state index in [0.717, 1.165) is 30.4 Å². The summed E-state index contributed by atoms with van der Waals surface area (Å²) in [6, 6.07) is 28.5. The average molecular weight is 541 g/mol. The molecule has 1 fully saturated rings. The third kappa shape index (κ3) is 7.76. The maximum atomic E-state index is 13.1. The number of esters is 1. The molecule has 0 bridgehead atoms. The van der Waals surface area contributed by atoms with Crippen molar-refractivity contribution in [1.82, 2.24) is 0 Å². The van der Waals surface area contributed by atoms with Crippen molar-refractivity contribution >= 4 is 5.97 Å². The Bertz CT molecular complexity index is 984. The van der Waals surface area contributed by atoms with E-state index in [9.17, 15) is 9.90 Å². The molecule has 0 aliphatic carbocycles. The molecule has 1 unspecified atom stereocenters. The molecule has 1 N–H and O–H groups in total. The van der Waals surface area contributed by atoms with E-state index >= 15 is 0 Å². The van der Waals surface area contributed by atoms with Gasteiger partial charge in [0.15, 0.2) is 6.10 Å². The molecule has 1 saturated heterocycles. The summed E-state index contributed by atoms with van der Waals surface area (Å²) in [7, 11) is 4.28. The van der Waals surface area contributed by atoms with Crippen molar-refractivity contribution in [1.29, 1.82) is 0 Å². The van der Waals surface area contributed by atoms with Crippen molar-refractivity contribution in [3.63, 3.8) is 0 Å². The van der Waals surface area contributed by atoms with Crippen molar-refractivity contribution < 1.29 is 36.1 Å². The van der Waals surface area contributed by atoms with Gasteiger partial charge >= 0.3 is 5.97 Å². The van der Waals surface area contributed by atoms with Crippen LogP contribution < -0.4 is 17.0 Å². The summed E-state index contributed by atoms with van der Waals surface area (Å²) in [4.78, 5) is 13.1. The van der Waals surface area contributed by atoms with E-state index in [1.54, 1.807) is 24.3 Å². The molecule has 35 heavy (non-hydrogen) atoms. The highest BCUT2D eigenvalue weighted by Gasteiger charge is 2.43. The number of carbonyl (C=O) groups excluding carboxylic acids is 1. The third-order valence-corrected chi connectivity index (χ3v) is 6.41. The molecule has 5 heteroatoms. The second kappa shape index (κ2) is 13.0. The van der Waals surface area contributed by atoms with Crippen LogP contribution in [0.3, 0.4) is 0 Å². The average Bonchev–Trinajstić information content (AvgIpc) is 2.85. The van der Waals surface area contributed by atoms with Gasteiger partial charge in [-0.2, -0.15) is 0 Å². The Balaban J connectivity index is 0.000000366. The largest absolute Gasteiger partial charge is 1.00 e. The summed E-state index contributed by atoms with van der Waals surface area (Å²) < 4.78 is 6.62. The number of hydrogen-bond acceptors (Lipinski definition) is 3. The number of quaternary nitrogens is 1. The van der Waals surface area contributed by atoms with Crippen LogP contribution in [0, 0.1) is 0 Å². The zero-order chi connectivity index (χ0) is 24.6. The fourth-order valence-electron chi connectivity index (χ4n) is 4.41. The predicted molar refractivity (Wildman–Crippen MR) is 137 cm³/mol. The minimum atomic E-state index is -1.79. The highest BCUT2D eigenvalue weighted by atomic mass is 79.9. The summed E-state index contributed by atoms with van der Waals surface area (Å²) in [5, 5.41) is 11.4. The molecular formula is C30H38BrNO3.